The van der Waals surface area contributed by atoms with Crippen molar-refractivity contribution in [1.82, 2.24) is 9.88 Å². The molecule has 0 radical (unpaired) electrons. The molecule has 138 valence electrons. The minimum absolute atomic E-state index is 0.0110. The van der Waals surface area contributed by atoms with Gasteiger partial charge in [-0.3, -0.25) is 14.6 Å². The number of nitrogens with zero attached hydrogens (tertiary/aromatic N) is 2. The van der Waals surface area contributed by atoms with Crippen molar-refractivity contribution in [3.8, 4) is 0 Å². The van der Waals surface area contributed by atoms with Gasteiger partial charge in [-0.2, -0.15) is 0 Å². The highest BCUT2D eigenvalue weighted by molar-refractivity contribution is 6.30. The Morgan fingerprint density at radius 2 is 2.00 bits per heavy atom. The summed E-state index contributed by atoms with van der Waals surface area (Å²) in [6, 6.07) is 3.65. The summed E-state index contributed by atoms with van der Waals surface area (Å²) in [5.74, 6) is 0.155. The molecular formula is C20H24ClN3O2. The molecule has 3 aliphatic rings. The van der Waals surface area contributed by atoms with Gasteiger partial charge in [0.15, 0.2) is 5.78 Å². The molecule has 1 amide bonds. The van der Waals surface area contributed by atoms with Crippen LogP contribution in [0.25, 0.3) is 0 Å². The Labute approximate surface area is 158 Å². The van der Waals surface area contributed by atoms with Crippen LogP contribution in [0.3, 0.4) is 0 Å². The summed E-state index contributed by atoms with van der Waals surface area (Å²) >= 11 is 5.93. The van der Waals surface area contributed by atoms with E-state index >= 15 is 0 Å². The van der Waals surface area contributed by atoms with Gasteiger partial charge >= 0.3 is 0 Å². The van der Waals surface area contributed by atoms with Crippen molar-refractivity contribution < 1.29 is 9.59 Å². The summed E-state index contributed by atoms with van der Waals surface area (Å²) in [4.78, 5) is 31.9. The quantitative estimate of drug-likeness (QED) is 0.864. The Balaban J connectivity index is 1.57. The van der Waals surface area contributed by atoms with Crippen molar-refractivity contribution in [2.75, 3.05) is 13.1 Å². The van der Waals surface area contributed by atoms with Crippen LogP contribution in [0.1, 0.15) is 45.2 Å². The van der Waals surface area contributed by atoms with Crippen LogP contribution in [0.4, 0.5) is 0 Å². The standard InChI is InChI=1S/C20H24ClN3O2/c1-18(2)11-19(9-14(22)16(18)25)7-8-24(12-19)17(26)20(5-6-20)15-4-3-13(21)10-23-15/h3-4,9-10H,5-8,11-12,22H2,1-2H3/t19-/m1/s1. The molecule has 2 fully saturated rings. The van der Waals surface area contributed by atoms with Gasteiger partial charge in [0.2, 0.25) is 5.91 Å². The number of hydrogen-bond acceptors (Lipinski definition) is 4. The number of halogens is 1. The van der Waals surface area contributed by atoms with Gasteiger partial charge in [0.05, 0.1) is 21.8 Å². The zero-order chi connectivity index (χ0) is 18.7. The second-order valence-electron chi connectivity index (χ2n) is 8.77. The Bertz CT molecular complexity index is 811. The zero-order valence-electron chi connectivity index (χ0n) is 15.2. The van der Waals surface area contributed by atoms with Gasteiger partial charge in [-0.25, -0.2) is 0 Å². The fourth-order valence-corrected chi connectivity index (χ4v) is 4.91. The fraction of sp³-hybridized carbons (Fsp3) is 0.550. The first-order valence-corrected chi connectivity index (χ1v) is 9.50. The molecule has 26 heavy (non-hydrogen) atoms. The number of nitrogens with two attached hydrogens (primary N) is 1. The van der Waals surface area contributed by atoms with Crippen molar-refractivity contribution >= 4 is 23.3 Å². The molecular weight excluding hydrogens is 350 g/mol. The number of pyridine rings is 1. The lowest BCUT2D eigenvalue weighted by Crippen LogP contribution is -2.44. The maximum absolute atomic E-state index is 13.3. The van der Waals surface area contributed by atoms with Crippen molar-refractivity contribution in [2.24, 2.45) is 16.6 Å². The second-order valence-corrected chi connectivity index (χ2v) is 9.21. The molecule has 1 aliphatic heterocycles. The van der Waals surface area contributed by atoms with E-state index < -0.39 is 10.8 Å². The highest BCUT2D eigenvalue weighted by Gasteiger charge is 2.57. The number of likely N-dealkylation sites (tertiary alicyclic amines) is 1. The van der Waals surface area contributed by atoms with Gasteiger partial charge in [0, 0.05) is 30.1 Å². The summed E-state index contributed by atoms with van der Waals surface area (Å²) in [5.41, 5.74) is 6.00. The molecule has 1 aromatic heterocycles. The SMILES string of the molecule is CC1(C)C[C@]2(C=C(N)C1=O)CCN(C(=O)C1(c3ccc(Cl)cn3)CC1)C2. The average Bonchev–Trinajstić information content (AvgIpc) is 3.29. The van der Waals surface area contributed by atoms with E-state index in [2.05, 4.69) is 4.98 Å². The number of amides is 1. The smallest absolute Gasteiger partial charge is 0.234 e. The van der Waals surface area contributed by atoms with Crippen LogP contribution in [0.5, 0.6) is 0 Å². The van der Waals surface area contributed by atoms with E-state index in [0.29, 0.717) is 23.8 Å². The van der Waals surface area contributed by atoms with Gasteiger partial charge in [-0.1, -0.05) is 25.4 Å². The number of rotatable bonds is 2. The highest BCUT2D eigenvalue weighted by atomic mass is 35.5. The highest BCUT2D eigenvalue weighted by Crippen LogP contribution is 2.52. The number of hydrogen-bond donors (Lipinski definition) is 1. The average molecular weight is 374 g/mol. The molecule has 4 rings (SSSR count). The zero-order valence-corrected chi connectivity index (χ0v) is 16.0. The third-order valence-electron chi connectivity index (χ3n) is 6.18. The number of aromatic nitrogens is 1. The molecule has 1 saturated heterocycles. The van der Waals surface area contributed by atoms with E-state index in [-0.39, 0.29) is 17.1 Å². The maximum Gasteiger partial charge on any atom is 0.234 e. The lowest BCUT2D eigenvalue weighted by atomic mass is 9.65. The van der Waals surface area contributed by atoms with Crippen LogP contribution in [-0.2, 0) is 15.0 Å². The molecule has 5 nitrogen and oxygen atoms in total. The summed E-state index contributed by atoms with van der Waals surface area (Å²) in [7, 11) is 0. The number of ketones is 1. The topological polar surface area (TPSA) is 76.3 Å². The van der Waals surface area contributed by atoms with Crippen LogP contribution in [-0.4, -0.2) is 34.7 Å². The van der Waals surface area contributed by atoms with E-state index in [1.165, 1.54) is 0 Å². The number of carbonyl (C=O) groups is 2. The van der Waals surface area contributed by atoms with E-state index in [9.17, 15) is 9.59 Å². The molecule has 1 spiro atoms. The lowest BCUT2D eigenvalue weighted by molar-refractivity contribution is -0.133. The van der Waals surface area contributed by atoms with Gasteiger partial charge < -0.3 is 10.6 Å². The Kier molecular flexibility index (Phi) is 3.75. The Morgan fingerprint density at radius 3 is 2.58 bits per heavy atom. The minimum atomic E-state index is -0.495. The second kappa shape index (κ2) is 5.56. The summed E-state index contributed by atoms with van der Waals surface area (Å²) in [6.45, 7) is 5.21. The van der Waals surface area contributed by atoms with E-state index in [0.717, 1.165) is 31.4 Å². The third-order valence-corrected chi connectivity index (χ3v) is 6.41. The molecule has 2 aliphatic carbocycles. The largest absolute Gasteiger partial charge is 0.396 e. The van der Waals surface area contributed by atoms with Crippen LogP contribution in [0.2, 0.25) is 5.02 Å². The fourth-order valence-electron chi connectivity index (χ4n) is 4.80. The Hall–Kier alpha value is -1.88. The molecule has 1 atom stereocenters. The van der Waals surface area contributed by atoms with Gasteiger partial charge in [0.25, 0.3) is 0 Å². The lowest BCUT2D eigenvalue weighted by Gasteiger charge is -2.39. The first-order chi connectivity index (χ1) is 12.2. The van der Waals surface area contributed by atoms with Crippen LogP contribution in [0, 0.1) is 10.8 Å². The van der Waals surface area contributed by atoms with E-state index in [4.69, 9.17) is 17.3 Å². The van der Waals surface area contributed by atoms with Crippen molar-refractivity contribution in [3.63, 3.8) is 0 Å². The van der Waals surface area contributed by atoms with Gasteiger partial charge in [-0.05, 0) is 43.9 Å². The van der Waals surface area contributed by atoms with Crippen LogP contribution >= 0.6 is 11.6 Å². The molecule has 2 N–H and O–H groups in total. The molecule has 0 bridgehead atoms. The predicted molar refractivity (Wildman–Crippen MR) is 99.5 cm³/mol. The first-order valence-electron chi connectivity index (χ1n) is 9.12. The molecule has 0 unspecified atom stereocenters. The molecule has 1 aromatic rings. The predicted octanol–water partition coefficient (Wildman–Crippen LogP) is 2.83. The summed E-state index contributed by atoms with van der Waals surface area (Å²) in [5, 5.41) is 0.576. The summed E-state index contributed by atoms with van der Waals surface area (Å²) < 4.78 is 0. The van der Waals surface area contributed by atoms with Crippen molar-refractivity contribution in [1.29, 1.82) is 0 Å². The molecule has 6 heteroatoms. The summed E-state index contributed by atoms with van der Waals surface area (Å²) in [6.07, 6.45) is 6.75. The third kappa shape index (κ3) is 2.64. The van der Waals surface area contributed by atoms with E-state index in [1.807, 2.05) is 30.9 Å². The van der Waals surface area contributed by atoms with Crippen molar-refractivity contribution in [3.05, 3.63) is 40.8 Å². The monoisotopic (exact) mass is 373 g/mol. The first kappa shape index (κ1) is 17.5. The minimum Gasteiger partial charge on any atom is -0.396 e. The van der Waals surface area contributed by atoms with Gasteiger partial charge in [0.1, 0.15) is 0 Å². The normalized spacial score (nSPS) is 29.0. The number of Topliss-reactive ketones (excluding diaryl/α,β-unsaturated/α-hetero) is 1. The molecule has 2 heterocycles. The molecule has 0 aromatic carbocycles. The van der Waals surface area contributed by atoms with Crippen LogP contribution < -0.4 is 5.73 Å². The maximum atomic E-state index is 13.3. The molecule has 1 saturated carbocycles. The van der Waals surface area contributed by atoms with Crippen molar-refractivity contribution in [2.45, 2.75) is 44.9 Å². The number of carbonyl (C=O) groups excluding carboxylic acids is 2. The van der Waals surface area contributed by atoms with E-state index in [1.54, 1.807) is 12.3 Å². The van der Waals surface area contributed by atoms with Gasteiger partial charge in [-0.15, -0.1) is 0 Å². The number of allylic oxidation sites excluding steroid dienone is 1. The van der Waals surface area contributed by atoms with Crippen LogP contribution in [0.15, 0.2) is 30.1 Å². The Morgan fingerprint density at radius 1 is 1.27 bits per heavy atom.